The van der Waals surface area contributed by atoms with Crippen molar-refractivity contribution in [3.8, 4) is 6.07 Å². The predicted molar refractivity (Wildman–Crippen MR) is 114 cm³/mol. The Hall–Kier alpha value is -2.48. The Balaban J connectivity index is 1.63. The first-order valence-electron chi connectivity index (χ1n) is 10.5. The summed E-state index contributed by atoms with van der Waals surface area (Å²) in [5.74, 6) is -0.415. The summed E-state index contributed by atoms with van der Waals surface area (Å²) >= 11 is 0. The van der Waals surface area contributed by atoms with Gasteiger partial charge < -0.3 is 15.0 Å². The van der Waals surface area contributed by atoms with Crippen LogP contribution >= 0.6 is 0 Å². The number of anilines is 1. The Labute approximate surface area is 181 Å². The SMILES string of the molecule is Cn1cc2c(c1C(O)Nc1cc(F)nc(C#N)c1)CC[C@H](C1CCCCC1)NS2(=N)=O. The van der Waals surface area contributed by atoms with Crippen molar-refractivity contribution in [2.75, 3.05) is 5.32 Å². The lowest BCUT2D eigenvalue weighted by Crippen LogP contribution is -2.39. The Morgan fingerprint density at radius 3 is 2.84 bits per heavy atom. The molecule has 2 aliphatic rings. The summed E-state index contributed by atoms with van der Waals surface area (Å²) < 4.78 is 40.3. The fraction of sp³-hybridized carbons (Fsp3) is 0.524. The average Bonchev–Trinajstić information content (AvgIpc) is 3.02. The van der Waals surface area contributed by atoms with Crippen molar-refractivity contribution in [1.29, 1.82) is 10.0 Å². The van der Waals surface area contributed by atoms with Gasteiger partial charge in [-0.1, -0.05) is 19.3 Å². The lowest BCUT2D eigenvalue weighted by molar-refractivity contribution is 0.198. The summed E-state index contributed by atoms with van der Waals surface area (Å²) in [7, 11) is -1.51. The van der Waals surface area contributed by atoms with Crippen LogP contribution < -0.4 is 10.0 Å². The molecule has 10 heteroatoms. The number of nitriles is 1. The molecule has 166 valence electrons. The third kappa shape index (κ3) is 4.44. The van der Waals surface area contributed by atoms with Gasteiger partial charge in [-0.3, -0.25) is 0 Å². The molecule has 3 heterocycles. The summed E-state index contributed by atoms with van der Waals surface area (Å²) in [5, 5.41) is 22.7. The summed E-state index contributed by atoms with van der Waals surface area (Å²) in [6, 6.07) is 4.24. The first-order valence-corrected chi connectivity index (χ1v) is 12.1. The topological polar surface area (TPSA) is 127 Å². The molecule has 31 heavy (non-hydrogen) atoms. The molecule has 0 bridgehead atoms. The van der Waals surface area contributed by atoms with E-state index < -0.39 is 22.1 Å². The van der Waals surface area contributed by atoms with Crippen LogP contribution in [0.4, 0.5) is 10.1 Å². The van der Waals surface area contributed by atoms with E-state index in [0.29, 0.717) is 28.5 Å². The second kappa shape index (κ2) is 8.57. The largest absolute Gasteiger partial charge is 0.368 e. The van der Waals surface area contributed by atoms with E-state index in [9.17, 15) is 13.7 Å². The molecule has 1 saturated carbocycles. The van der Waals surface area contributed by atoms with Crippen LogP contribution in [0.3, 0.4) is 0 Å². The minimum atomic E-state index is -3.23. The number of rotatable bonds is 4. The van der Waals surface area contributed by atoms with E-state index in [1.807, 2.05) is 0 Å². The minimum absolute atomic E-state index is 0.00781. The van der Waals surface area contributed by atoms with Gasteiger partial charge in [0, 0.05) is 31.0 Å². The van der Waals surface area contributed by atoms with E-state index in [-0.39, 0.29) is 17.4 Å². The average molecular weight is 447 g/mol. The van der Waals surface area contributed by atoms with Gasteiger partial charge in [0.15, 0.2) is 6.23 Å². The van der Waals surface area contributed by atoms with Crippen LogP contribution in [0.15, 0.2) is 23.2 Å². The highest BCUT2D eigenvalue weighted by atomic mass is 32.2. The molecule has 0 saturated heterocycles. The van der Waals surface area contributed by atoms with Crippen LogP contribution in [-0.4, -0.2) is 24.9 Å². The third-order valence-corrected chi connectivity index (χ3v) is 7.93. The second-order valence-electron chi connectivity index (χ2n) is 8.41. The Morgan fingerprint density at radius 1 is 1.39 bits per heavy atom. The molecule has 2 unspecified atom stereocenters. The molecule has 0 aromatic carbocycles. The maximum Gasteiger partial charge on any atom is 0.216 e. The van der Waals surface area contributed by atoms with Crippen molar-refractivity contribution >= 4 is 15.6 Å². The van der Waals surface area contributed by atoms with Crippen molar-refractivity contribution in [3.63, 3.8) is 0 Å². The summed E-state index contributed by atoms with van der Waals surface area (Å²) in [5.41, 5.74) is 1.28. The first kappa shape index (κ1) is 21.7. The maximum absolute atomic E-state index is 13.7. The molecule has 0 spiro atoms. The molecule has 1 aliphatic heterocycles. The predicted octanol–water partition coefficient (Wildman–Crippen LogP) is 3.34. The molecule has 0 radical (unpaired) electrons. The smallest absolute Gasteiger partial charge is 0.216 e. The number of aryl methyl sites for hydroxylation is 1. The summed E-state index contributed by atoms with van der Waals surface area (Å²) in [4.78, 5) is 3.86. The molecule has 2 aromatic rings. The molecule has 3 atom stereocenters. The molecular weight excluding hydrogens is 419 g/mol. The van der Waals surface area contributed by atoms with Crippen molar-refractivity contribution in [2.45, 2.75) is 62.1 Å². The van der Waals surface area contributed by atoms with Gasteiger partial charge >= 0.3 is 0 Å². The minimum Gasteiger partial charge on any atom is -0.368 e. The first-order chi connectivity index (χ1) is 14.8. The number of nitrogens with zero attached hydrogens (tertiary/aromatic N) is 3. The van der Waals surface area contributed by atoms with Crippen LogP contribution in [0, 0.1) is 28.0 Å². The Kier molecular flexibility index (Phi) is 6.01. The van der Waals surface area contributed by atoms with Gasteiger partial charge in [-0.2, -0.15) is 9.65 Å². The normalized spacial score (nSPS) is 25.3. The number of pyridine rings is 1. The monoisotopic (exact) mass is 446 g/mol. The Bertz CT molecular complexity index is 1120. The standard InChI is InChI=1S/C21H27FN6O2S/c1-28-12-18-16(7-8-17(27-31(18,24)30)13-5-3-2-4-6-13)20(28)21(29)26-14-9-15(11-23)25-19(22)10-14/h9-10,12-13,17,21,29H,2-8H2,1H3,(H,25,26)(H2,24,27,30)/t17-,21?,31?/m1/s1. The van der Waals surface area contributed by atoms with Crippen molar-refractivity contribution in [3.05, 3.63) is 41.2 Å². The number of hydrogen-bond donors (Lipinski definition) is 4. The van der Waals surface area contributed by atoms with Gasteiger partial charge in [-0.05, 0) is 43.2 Å². The molecule has 1 fully saturated rings. The zero-order chi connectivity index (χ0) is 22.2. The highest BCUT2D eigenvalue weighted by Gasteiger charge is 2.34. The van der Waals surface area contributed by atoms with Crippen molar-refractivity contribution in [1.82, 2.24) is 14.3 Å². The van der Waals surface area contributed by atoms with Crippen LogP contribution in [0.2, 0.25) is 0 Å². The van der Waals surface area contributed by atoms with Gasteiger partial charge in [-0.15, -0.1) is 0 Å². The summed E-state index contributed by atoms with van der Waals surface area (Å²) in [6.07, 6.45) is 7.44. The highest BCUT2D eigenvalue weighted by molar-refractivity contribution is 7.90. The van der Waals surface area contributed by atoms with E-state index >= 15 is 0 Å². The van der Waals surface area contributed by atoms with Gasteiger partial charge in [0.1, 0.15) is 21.7 Å². The van der Waals surface area contributed by atoms with Gasteiger partial charge in [0.2, 0.25) is 5.95 Å². The van der Waals surface area contributed by atoms with E-state index in [4.69, 9.17) is 10.0 Å². The molecule has 8 nitrogen and oxygen atoms in total. The van der Waals surface area contributed by atoms with Crippen molar-refractivity contribution in [2.24, 2.45) is 13.0 Å². The number of nitrogens with one attached hydrogen (secondary N) is 3. The molecule has 2 aromatic heterocycles. The van der Waals surface area contributed by atoms with Gasteiger partial charge in [-0.25, -0.2) is 18.7 Å². The van der Waals surface area contributed by atoms with E-state index in [1.165, 1.54) is 12.5 Å². The van der Waals surface area contributed by atoms with E-state index in [1.54, 1.807) is 23.9 Å². The highest BCUT2D eigenvalue weighted by Crippen LogP contribution is 2.35. The second-order valence-corrected chi connectivity index (χ2v) is 10.2. The Morgan fingerprint density at radius 2 is 2.13 bits per heavy atom. The molecule has 4 N–H and O–H groups in total. The lowest BCUT2D eigenvalue weighted by Gasteiger charge is -2.30. The van der Waals surface area contributed by atoms with Crippen molar-refractivity contribution < 1.29 is 13.7 Å². The maximum atomic E-state index is 13.7. The lowest BCUT2D eigenvalue weighted by atomic mass is 9.82. The number of aromatic nitrogens is 2. The van der Waals surface area contributed by atoms with E-state index in [0.717, 1.165) is 38.2 Å². The number of aliphatic hydroxyl groups is 1. The van der Waals surface area contributed by atoms with Crippen LogP contribution in [0.25, 0.3) is 0 Å². The van der Waals surface area contributed by atoms with Gasteiger partial charge in [0.25, 0.3) is 0 Å². The number of fused-ring (bicyclic) bond motifs is 1. The molecule has 4 rings (SSSR count). The zero-order valence-electron chi connectivity index (χ0n) is 17.4. The fourth-order valence-corrected chi connectivity index (χ4v) is 6.61. The van der Waals surface area contributed by atoms with Crippen LogP contribution in [0.5, 0.6) is 0 Å². The summed E-state index contributed by atoms with van der Waals surface area (Å²) in [6.45, 7) is 0. The van der Waals surface area contributed by atoms with Gasteiger partial charge in [0.05, 0.1) is 10.6 Å². The zero-order valence-corrected chi connectivity index (χ0v) is 18.2. The number of hydrogen-bond acceptors (Lipinski definition) is 6. The number of aliphatic hydroxyl groups excluding tert-OH is 1. The number of halogens is 1. The quantitative estimate of drug-likeness (QED) is 0.423. The molecule has 0 amide bonds. The third-order valence-electron chi connectivity index (χ3n) is 6.32. The van der Waals surface area contributed by atoms with Crippen LogP contribution in [-0.2, 0) is 23.4 Å². The van der Waals surface area contributed by atoms with Crippen LogP contribution in [0.1, 0.15) is 61.7 Å². The van der Waals surface area contributed by atoms with E-state index in [2.05, 4.69) is 15.0 Å². The fourth-order valence-electron chi connectivity index (χ4n) is 4.89. The molecular formula is C21H27FN6O2S. The molecule has 1 aliphatic carbocycles.